The summed E-state index contributed by atoms with van der Waals surface area (Å²) in [5.41, 5.74) is 0.712. The Bertz CT molecular complexity index is 845. The molecule has 102 valence electrons. The Kier molecular flexibility index (Phi) is 2.98. The van der Waals surface area contributed by atoms with Gasteiger partial charge in [-0.15, -0.1) is 0 Å². The van der Waals surface area contributed by atoms with Crippen LogP contribution in [0.25, 0.3) is 11.2 Å². The van der Waals surface area contributed by atoms with Crippen molar-refractivity contribution in [3.8, 4) is 0 Å². The standard InChI is InChI=1S/C14H14N4O2/c1-2-9(8-6-4-3-5-7-8)11-15-10-12(16-11)17-14(20)18-13(10)19/h3-7,9H,2H2,1H3,(H3,15,16,17,18,19,20). The second-order valence-electron chi connectivity index (χ2n) is 4.63. The SMILES string of the molecule is CCC(c1ccccc1)c1nc2[nH]c(=O)[nH]c(=O)c2[nH]1. The first-order valence-electron chi connectivity index (χ1n) is 6.46. The van der Waals surface area contributed by atoms with E-state index in [1.165, 1.54) is 0 Å². The van der Waals surface area contributed by atoms with Crippen LogP contribution in [0.2, 0.25) is 0 Å². The highest BCUT2D eigenvalue weighted by Gasteiger charge is 2.17. The zero-order chi connectivity index (χ0) is 14.1. The minimum atomic E-state index is -0.548. The van der Waals surface area contributed by atoms with Gasteiger partial charge in [-0.3, -0.25) is 14.8 Å². The summed E-state index contributed by atoms with van der Waals surface area (Å²) in [6.45, 7) is 2.05. The second kappa shape index (κ2) is 4.80. The molecule has 0 amide bonds. The number of nitrogens with zero attached hydrogens (tertiary/aromatic N) is 1. The van der Waals surface area contributed by atoms with Gasteiger partial charge >= 0.3 is 5.69 Å². The fourth-order valence-corrected chi connectivity index (χ4v) is 2.39. The summed E-state index contributed by atoms with van der Waals surface area (Å²) in [5, 5.41) is 0. The molecule has 0 aliphatic heterocycles. The first kappa shape index (κ1) is 12.4. The average Bonchev–Trinajstić information content (AvgIpc) is 2.84. The number of benzene rings is 1. The van der Waals surface area contributed by atoms with Gasteiger partial charge in [0.15, 0.2) is 5.65 Å². The molecule has 0 fully saturated rings. The number of aromatic amines is 3. The molecular weight excluding hydrogens is 256 g/mol. The number of hydrogen-bond acceptors (Lipinski definition) is 3. The van der Waals surface area contributed by atoms with Gasteiger partial charge in [0.05, 0.1) is 0 Å². The minimum absolute atomic E-state index is 0.0616. The molecule has 1 unspecified atom stereocenters. The number of fused-ring (bicyclic) bond motifs is 1. The number of aromatic nitrogens is 4. The minimum Gasteiger partial charge on any atom is -0.336 e. The third kappa shape index (κ3) is 2.05. The van der Waals surface area contributed by atoms with Gasteiger partial charge < -0.3 is 4.98 Å². The molecule has 0 bridgehead atoms. The topological polar surface area (TPSA) is 94.4 Å². The van der Waals surface area contributed by atoms with Gasteiger partial charge in [-0.2, -0.15) is 0 Å². The highest BCUT2D eigenvalue weighted by Crippen LogP contribution is 2.25. The number of H-pyrrole nitrogens is 3. The van der Waals surface area contributed by atoms with E-state index in [1.807, 2.05) is 30.3 Å². The Morgan fingerprint density at radius 1 is 1.10 bits per heavy atom. The van der Waals surface area contributed by atoms with Crippen LogP contribution >= 0.6 is 0 Å². The van der Waals surface area contributed by atoms with Crippen molar-refractivity contribution in [1.29, 1.82) is 0 Å². The normalized spacial score (nSPS) is 12.7. The van der Waals surface area contributed by atoms with Crippen molar-refractivity contribution < 1.29 is 0 Å². The second-order valence-corrected chi connectivity index (χ2v) is 4.63. The van der Waals surface area contributed by atoms with Crippen LogP contribution < -0.4 is 11.2 Å². The van der Waals surface area contributed by atoms with Crippen LogP contribution in [0.15, 0.2) is 39.9 Å². The first-order chi connectivity index (χ1) is 9.69. The smallest absolute Gasteiger partial charge is 0.327 e. The molecule has 1 atom stereocenters. The van der Waals surface area contributed by atoms with Gasteiger partial charge in [-0.25, -0.2) is 9.78 Å². The van der Waals surface area contributed by atoms with E-state index >= 15 is 0 Å². The van der Waals surface area contributed by atoms with Crippen LogP contribution in [0.5, 0.6) is 0 Å². The average molecular weight is 270 g/mol. The molecule has 3 N–H and O–H groups in total. The van der Waals surface area contributed by atoms with Crippen LogP contribution in [0, 0.1) is 0 Å². The van der Waals surface area contributed by atoms with Crippen molar-refractivity contribution in [2.75, 3.05) is 0 Å². The molecule has 0 aliphatic carbocycles. The van der Waals surface area contributed by atoms with E-state index < -0.39 is 11.2 Å². The van der Waals surface area contributed by atoms with E-state index in [0.29, 0.717) is 17.0 Å². The maximum Gasteiger partial charge on any atom is 0.327 e. The molecule has 2 aromatic heterocycles. The molecular formula is C14H14N4O2. The van der Waals surface area contributed by atoms with Gasteiger partial charge in [0, 0.05) is 5.92 Å². The largest absolute Gasteiger partial charge is 0.336 e. The molecule has 3 rings (SSSR count). The molecule has 3 aromatic rings. The van der Waals surface area contributed by atoms with E-state index in [9.17, 15) is 9.59 Å². The summed E-state index contributed by atoms with van der Waals surface area (Å²) in [7, 11) is 0. The molecule has 0 spiro atoms. The van der Waals surface area contributed by atoms with Gasteiger partial charge in [0.2, 0.25) is 0 Å². The maximum atomic E-state index is 11.7. The number of imidazole rings is 1. The van der Waals surface area contributed by atoms with Gasteiger partial charge in [-0.05, 0) is 12.0 Å². The Balaban J connectivity index is 2.16. The molecule has 6 heteroatoms. The predicted octanol–water partition coefficient (Wildman–Crippen LogP) is 1.48. The zero-order valence-electron chi connectivity index (χ0n) is 10.9. The molecule has 1 aromatic carbocycles. The number of rotatable bonds is 3. The van der Waals surface area contributed by atoms with Crippen LogP contribution in [-0.4, -0.2) is 19.9 Å². The summed E-state index contributed by atoms with van der Waals surface area (Å²) >= 11 is 0. The van der Waals surface area contributed by atoms with Crippen LogP contribution in [0.3, 0.4) is 0 Å². The summed E-state index contributed by atoms with van der Waals surface area (Å²) in [5.74, 6) is 0.743. The third-order valence-corrected chi connectivity index (χ3v) is 3.35. The Morgan fingerprint density at radius 3 is 2.55 bits per heavy atom. The Hall–Kier alpha value is -2.63. The van der Waals surface area contributed by atoms with Crippen molar-refractivity contribution in [2.45, 2.75) is 19.3 Å². The Labute approximate surface area is 113 Å². The lowest BCUT2D eigenvalue weighted by Gasteiger charge is -2.11. The van der Waals surface area contributed by atoms with Crippen molar-refractivity contribution in [3.05, 3.63) is 62.6 Å². The quantitative estimate of drug-likeness (QED) is 0.672. The third-order valence-electron chi connectivity index (χ3n) is 3.35. The van der Waals surface area contributed by atoms with Gasteiger partial charge in [0.1, 0.15) is 11.3 Å². The summed E-state index contributed by atoms with van der Waals surface area (Å²) in [6.07, 6.45) is 0.839. The molecule has 6 nitrogen and oxygen atoms in total. The molecule has 0 saturated carbocycles. The van der Waals surface area contributed by atoms with Crippen LogP contribution in [0.4, 0.5) is 0 Å². The number of hydrogen-bond donors (Lipinski definition) is 3. The van der Waals surface area contributed by atoms with E-state index in [4.69, 9.17) is 0 Å². The lowest BCUT2D eigenvalue weighted by atomic mass is 9.96. The van der Waals surface area contributed by atoms with Gasteiger partial charge in [0.25, 0.3) is 5.56 Å². The lowest BCUT2D eigenvalue weighted by Crippen LogP contribution is -2.21. The van der Waals surface area contributed by atoms with Crippen LogP contribution in [-0.2, 0) is 0 Å². The van der Waals surface area contributed by atoms with Crippen molar-refractivity contribution in [2.24, 2.45) is 0 Å². The summed E-state index contributed by atoms with van der Waals surface area (Å²) in [4.78, 5) is 35.1. The van der Waals surface area contributed by atoms with E-state index in [0.717, 1.165) is 12.0 Å². The molecule has 0 radical (unpaired) electrons. The monoisotopic (exact) mass is 270 g/mol. The maximum absolute atomic E-state index is 11.7. The highest BCUT2D eigenvalue weighted by atomic mass is 16.2. The molecule has 0 saturated heterocycles. The first-order valence-corrected chi connectivity index (χ1v) is 6.46. The fraction of sp³-hybridized carbons (Fsp3) is 0.214. The van der Waals surface area contributed by atoms with E-state index in [1.54, 1.807) is 0 Å². The number of nitrogens with one attached hydrogen (secondary N) is 3. The Morgan fingerprint density at radius 2 is 1.85 bits per heavy atom. The fourth-order valence-electron chi connectivity index (χ4n) is 2.39. The lowest BCUT2D eigenvalue weighted by molar-refractivity contribution is 0.732. The van der Waals surface area contributed by atoms with Crippen molar-refractivity contribution in [1.82, 2.24) is 19.9 Å². The van der Waals surface area contributed by atoms with Crippen molar-refractivity contribution >= 4 is 11.2 Å². The predicted molar refractivity (Wildman–Crippen MR) is 75.9 cm³/mol. The highest BCUT2D eigenvalue weighted by molar-refractivity contribution is 5.68. The zero-order valence-corrected chi connectivity index (χ0v) is 10.9. The summed E-state index contributed by atoms with van der Waals surface area (Å²) < 4.78 is 0. The van der Waals surface area contributed by atoms with Crippen LogP contribution in [0.1, 0.15) is 30.7 Å². The van der Waals surface area contributed by atoms with Crippen molar-refractivity contribution in [3.63, 3.8) is 0 Å². The molecule has 20 heavy (non-hydrogen) atoms. The molecule has 2 heterocycles. The van der Waals surface area contributed by atoms with Gasteiger partial charge in [-0.1, -0.05) is 37.3 Å². The van der Waals surface area contributed by atoms with E-state index in [2.05, 4.69) is 26.9 Å². The van der Waals surface area contributed by atoms with E-state index in [-0.39, 0.29) is 5.92 Å². The molecule has 0 aliphatic rings. The summed E-state index contributed by atoms with van der Waals surface area (Å²) in [6, 6.07) is 9.93.